The van der Waals surface area contributed by atoms with Crippen LogP contribution >= 0.6 is 0 Å². The maximum Gasteiger partial charge on any atom is 0.245 e. The molecule has 2 heterocycles. The van der Waals surface area contributed by atoms with E-state index in [1.165, 1.54) is 11.1 Å². The number of aromatic nitrogens is 3. The average Bonchev–Trinajstić information content (AvgIpc) is 2.87. The Kier molecular flexibility index (Phi) is 3.44. The molecule has 106 valence electrons. The Labute approximate surface area is 119 Å². The Balaban J connectivity index is 1.86. The second-order valence-electron chi connectivity index (χ2n) is 5.66. The number of hydrogen-bond acceptors (Lipinski definition) is 4. The summed E-state index contributed by atoms with van der Waals surface area (Å²) >= 11 is 0. The molecule has 0 amide bonds. The number of nitrogens with zero attached hydrogens (tertiary/aromatic N) is 3. The van der Waals surface area contributed by atoms with Crippen LogP contribution in [0.15, 0.2) is 18.2 Å². The molecule has 1 aliphatic rings. The smallest absolute Gasteiger partial charge is 0.245 e. The number of aryl methyl sites for hydroxylation is 2. The van der Waals surface area contributed by atoms with Gasteiger partial charge >= 0.3 is 0 Å². The summed E-state index contributed by atoms with van der Waals surface area (Å²) in [5.74, 6) is 1.64. The minimum absolute atomic E-state index is 0.479. The van der Waals surface area contributed by atoms with Gasteiger partial charge in [-0.2, -0.15) is 4.98 Å². The van der Waals surface area contributed by atoms with E-state index in [-0.39, 0.29) is 0 Å². The Bertz CT molecular complexity index is 584. The zero-order chi connectivity index (χ0) is 14.1. The van der Waals surface area contributed by atoms with Gasteiger partial charge in [-0.3, -0.25) is 5.10 Å². The molecular weight excluding hydrogens is 250 g/mol. The number of rotatable bonds is 2. The number of anilines is 1. The lowest BCUT2D eigenvalue weighted by Crippen LogP contribution is -2.49. The topological polar surface area (TPSA) is 56.8 Å². The summed E-state index contributed by atoms with van der Waals surface area (Å²) in [6.07, 6.45) is 0. The fraction of sp³-hybridized carbons (Fsp3) is 0.467. The molecule has 5 nitrogen and oxygen atoms in total. The monoisotopic (exact) mass is 271 g/mol. The molecule has 2 aromatic rings. The van der Waals surface area contributed by atoms with Crippen LogP contribution in [0.2, 0.25) is 0 Å². The minimum atomic E-state index is 0.479. The molecule has 20 heavy (non-hydrogen) atoms. The van der Waals surface area contributed by atoms with Crippen molar-refractivity contribution in [2.75, 3.05) is 24.5 Å². The van der Waals surface area contributed by atoms with Gasteiger partial charge < -0.3 is 10.2 Å². The number of piperazine rings is 1. The van der Waals surface area contributed by atoms with E-state index >= 15 is 0 Å². The molecule has 1 fully saturated rings. The first-order chi connectivity index (χ1) is 9.61. The van der Waals surface area contributed by atoms with Gasteiger partial charge in [0.05, 0.1) is 0 Å². The predicted molar refractivity (Wildman–Crippen MR) is 81.0 cm³/mol. The van der Waals surface area contributed by atoms with Crippen molar-refractivity contribution >= 4 is 5.95 Å². The summed E-state index contributed by atoms with van der Waals surface area (Å²) in [6.45, 7) is 9.27. The van der Waals surface area contributed by atoms with Gasteiger partial charge in [-0.05, 0) is 32.9 Å². The predicted octanol–water partition coefficient (Wildman–Crippen LogP) is 1.89. The number of nitrogens with one attached hydrogen (secondary N) is 2. The van der Waals surface area contributed by atoms with E-state index < -0.39 is 0 Å². The van der Waals surface area contributed by atoms with Gasteiger partial charge in [-0.15, -0.1) is 5.10 Å². The average molecular weight is 271 g/mol. The van der Waals surface area contributed by atoms with E-state index in [1.54, 1.807) is 0 Å². The molecule has 1 aromatic carbocycles. The third-order valence-electron chi connectivity index (χ3n) is 3.62. The van der Waals surface area contributed by atoms with Crippen LogP contribution in [-0.2, 0) is 0 Å². The summed E-state index contributed by atoms with van der Waals surface area (Å²) in [5.41, 5.74) is 3.59. The molecule has 0 bridgehead atoms. The molecule has 2 N–H and O–H groups in total. The first-order valence-corrected chi connectivity index (χ1v) is 7.11. The van der Waals surface area contributed by atoms with Crippen LogP contribution in [0.3, 0.4) is 0 Å². The lowest BCUT2D eigenvalue weighted by Gasteiger charge is -2.30. The van der Waals surface area contributed by atoms with E-state index in [0.717, 1.165) is 37.0 Å². The lowest BCUT2D eigenvalue weighted by atomic mass is 10.1. The largest absolute Gasteiger partial charge is 0.337 e. The summed E-state index contributed by atoms with van der Waals surface area (Å²) in [4.78, 5) is 6.88. The molecule has 1 saturated heterocycles. The standard InChI is InChI=1S/C15H21N5/c1-10-6-11(2)8-13(7-10)14-17-15(19-18-14)20-5-4-16-12(3)9-20/h6-8,12,16H,4-5,9H2,1-3H3,(H,17,18,19)/t12-/m0/s1. The fourth-order valence-corrected chi connectivity index (χ4v) is 2.75. The van der Waals surface area contributed by atoms with E-state index in [0.29, 0.717) is 6.04 Å². The van der Waals surface area contributed by atoms with Crippen LogP contribution in [0, 0.1) is 13.8 Å². The molecule has 5 heteroatoms. The summed E-state index contributed by atoms with van der Waals surface area (Å²) in [7, 11) is 0. The van der Waals surface area contributed by atoms with Crippen molar-refractivity contribution in [3.63, 3.8) is 0 Å². The third-order valence-corrected chi connectivity index (χ3v) is 3.62. The van der Waals surface area contributed by atoms with Gasteiger partial charge in [-0.1, -0.05) is 17.2 Å². The highest BCUT2D eigenvalue weighted by molar-refractivity contribution is 5.58. The molecule has 1 aliphatic heterocycles. The van der Waals surface area contributed by atoms with Crippen LogP contribution in [0.5, 0.6) is 0 Å². The Morgan fingerprint density at radius 3 is 2.65 bits per heavy atom. The van der Waals surface area contributed by atoms with Gasteiger partial charge in [-0.25, -0.2) is 0 Å². The fourth-order valence-electron chi connectivity index (χ4n) is 2.75. The minimum Gasteiger partial charge on any atom is -0.337 e. The van der Waals surface area contributed by atoms with Gasteiger partial charge in [0.15, 0.2) is 5.82 Å². The number of benzene rings is 1. The highest BCUT2D eigenvalue weighted by Gasteiger charge is 2.19. The SMILES string of the molecule is Cc1cc(C)cc(-c2nc(N3CCN[C@@H](C)C3)n[nH]2)c1. The van der Waals surface area contributed by atoms with E-state index in [9.17, 15) is 0 Å². The van der Waals surface area contributed by atoms with Gasteiger partial charge in [0.2, 0.25) is 5.95 Å². The third kappa shape index (κ3) is 2.67. The van der Waals surface area contributed by atoms with Crippen molar-refractivity contribution in [2.24, 2.45) is 0 Å². The van der Waals surface area contributed by atoms with Crippen molar-refractivity contribution < 1.29 is 0 Å². The van der Waals surface area contributed by atoms with Crippen molar-refractivity contribution in [1.82, 2.24) is 20.5 Å². The van der Waals surface area contributed by atoms with E-state index in [4.69, 9.17) is 0 Å². The molecule has 3 rings (SSSR count). The molecule has 1 aromatic heterocycles. The van der Waals surface area contributed by atoms with Crippen molar-refractivity contribution in [1.29, 1.82) is 0 Å². The second-order valence-corrected chi connectivity index (χ2v) is 5.66. The molecule has 0 saturated carbocycles. The molecule has 0 unspecified atom stereocenters. The Morgan fingerprint density at radius 2 is 1.95 bits per heavy atom. The van der Waals surface area contributed by atoms with Gasteiger partial charge in [0.1, 0.15) is 0 Å². The number of aromatic amines is 1. The first-order valence-electron chi connectivity index (χ1n) is 7.11. The first kappa shape index (κ1) is 13.1. The van der Waals surface area contributed by atoms with E-state index in [1.807, 2.05) is 0 Å². The van der Waals surface area contributed by atoms with Crippen molar-refractivity contribution in [3.8, 4) is 11.4 Å². The zero-order valence-electron chi connectivity index (χ0n) is 12.3. The summed E-state index contributed by atoms with van der Waals surface area (Å²) in [6, 6.07) is 6.92. The van der Waals surface area contributed by atoms with Crippen LogP contribution in [0.25, 0.3) is 11.4 Å². The van der Waals surface area contributed by atoms with Crippen molar-refractivity contribution in [3.05, 3.63) is 29.3 Å². The van der Waals surface area contributed by atoms with Gasteiger partial charge in [0.25, 0.3) is 0 Å². The molecule has 0 radical (unpaired) electrons. The highest BCUT2D eigenvalue weighted by atomic mass is 15.4. The zero-order valence-corrected chi connectivity index (χ0v) is 12.3. The molecule has 0 spiro atoms. The van der Waals surface area contributed by atoms with Crippen molar-refractivity contribution in [2.45, 2.75) is 26.8 Å². The van der Waals surface area contributed by atoms with E-state index in [2.05, 4.69) is 64.4 Å². The van der Waals surface area contributed by atoms with Crippen LogP contribution in [0.1, 0.15) is 18.1 Å². The maximum absolute atomic E-state index is 4.65. The van der Waals surface area contributed by atoms with Crippen LogP contribution in [0.4, 0.5) is 5.95 Å². The van der Waals surface area contributed by atoms with Crippen LogP contribution < -0.4 is 10.2 Å². The van der Waals surface area contributed by atoms with Crippen LogP contribution in [-0.4, -0.2) is 40.9 Å². The lowest BCUT2D eigenvalue weighted by molar-refractivity contribution is 0.480. The Hall–Kier alpha value is -1.88. The highest BCUT2D eigenvalue weighted by Crippen LogP contribution is 2.21. The summed E-state index contributed by atoms with van der Waals surface area (Å²) in [5, 5.41) is 10.9. The molecule has 1 atom stereocenters. The second kappa shape index (κ2) is 5.25. The maximum atomic E-state index is 4.65. The number of H-pyrrole nitrogens is 1. The number of hydrogen-bond donors (Lipinski definition) is 2. The molecule has 0 aliphatic carbocycles. The Morgan fingerprint density at radius 1 is 1.20 bits per heavy atom. The quantitative estimate of drug-likeness (QED) is 0.875. The summed E-state index contributed by atoms with van der Waals surface area (Å²) < 4.78 is 0. The normalized spacial score (nSPS) is 19.4. The van der Waals surface area contributed by atoms with Gasteiger partial charge in [0, 0.05) is 31.2 Å². The molecular formula is C15H21N5.